The lowest BCUT2D eigenvalue weighted by atomic mass is 10.1. The predicted octanol–water partition coefficient (Wildman–Crippen LogP) is 2.23. The molecular formula is C12H15NO. The summed E-state index contributed by atoms with van der Waals surface area (Å²) in [4.78, 5) is 11.6. The summed E-state index contributed by atoms with van der Waals surface area (Å²) < 4.78 is 0. The minimum atomic E-state index is -0.0703. The molecular weight excluding hydrogens is 174 g/mol. The fourth-order valence-electron chi connectivity index (χ4n) is 1.18. The molecule has 1 aromatic carbocycles. The van der Waals surface area contributed by atoms with E-state index in [9.17, 15) is 4.79 Å². The fraction of sp³-hybridized carbons (Fsp3) is 0.250. The zero-order valence-electron chi connectivity index (χ0n) is 8.20. The van der Waals surface area contributed by atoms with E-state index in [1.807, 2.05) is 18.2 Å². The first-order valence-electron chi connectivity index (χ1n) is 4.72. The first-order valence-corrected chi connectivity index (χ1v) is 4.72. The molecule has 0 saturated carbocycles. The second-order valence-electron chi connectivity index (χ2n) is 3.18. The molecule has 2 radical (unpaired) electrons. The first-order chi connectivity index (χ1) is 6.74. The summed E-state index contributed by atoms with van der Waals surface area (Å²) in [6, 6.07) is 9.08. The Morgan fingerprint density at radius 3 is 2.57 bits per heavy atom. The molecule has 0 spiro atoms. The van der Waals surface area contributed by atoms with Crippen molar-refractivity contribution >= 4 is 5.91 Å². The summed E-state index contributed by atoms with van der Waals surface area (Å²) in [6.45, 7) is 7.54. The summed E-state index contributed by atoms with van der Waals surface area (Å²) in [7, 11) is 0. The van der Waals surface area contributed by atoms with Crippen LogP contribution in [0, 0.1) is 13.8 Å². The molecule has 1 atom stereocenters. The highest BCUT2D eigenvalue weighted by Crippen LogP contribution is 2.00. The predicted molar refractivity (Wildman–Crippen MR) is 57.6 cm³/mol. The van der Waals surface area contributed by atoms with Crippen LogP contribution in [0.25, 0.3) is 0 Å². The summed E-state index contributed by atoms with van der Waals surface area (Å²) in [5.74, 6) is -0.0703. The molecule has 1 rings (SSSR count). The molecule has 0 aliphatic rings. The second-order valence-corrected chi connectivity index (χ2v) is 3.18. The van der Waals surface area contributed by atoms with Crippen LogP contribution in [0.4, 0.5) is 0 Å². The smallest absolute Gasteiger partial charge is 0.251 e. The molecule has 14 heavy (non-hydrogen) atoms. The molecule has 2 heteroatoms. The monoisotopic (exact) mass is 189 g/mol. The second kappa shape index (κ2) is 5.43. The Bertz CT molecular complexity index is 282. The van der Waals surface area contributed by atoms with Crippen molar-refractivity contribution < 1.29 is 4.79 Å². The Kier molecular flexibility index (Phi) is 4.17. The average molecular weight is 189 g/mol. The van der Waals surface area contributed by atoms with Crippen LogP contribution in [0.1, 0.15) is 23.2 Å². The van der Waals surface area contributed by atoms with Crippen LogP contribution < -0.4 is 5.32 Å². The number of rotatable bonds is 4. The maximum atomic E-state index is 11.6. The van der Waals surface area contributed by atoms with Gasteiger partial charge in [-0.3, -0.25) is 4.79 Å². The van der Waals surface area contributed by atoms with Crippen LogP contribution in [-0.2, 0) is 0 Å². The molecule has 1 N–H and O–H groups in total. The van der Waals surface area contributed by atoms with E-state index in [-0.39, 0.29) is 11.9 Å². The van der Waals surface area contributed by atoms with E-state index in [0.717, 1.165) is 12.8 Å². The molecule has 0 fully saturated rings. The summed E-state index contributed by atoms with van der Waals surface area (Å²) in [6.07, 6.45) is 1.59. The third-order valence-electron chi connectivity index (χ3n) is 1.92. The van der Waals surface area contributed by atoms with E-state index in [1.165, 1.54) is 0 Å². The molecule has 2 nitrogen and oxygen atoms in total. The first kappa shape index (κ1) is 10.8. The molecule has 74 valence electrons. The van der Waals surface area contributed by atoms with Gasteiger partial charge in [0.25, 0.3) is 5.91 Å². The van der Waals surface area contributed by atoms with Gasteiger partial charge in [0.2, 0.25) is 0 Å². The van der Waals surface area contributed by atoms with Crippen LogP contribution in [0.5, 0.6) is 0 Å². The van der Waals surface area contributed by atoms with Gasteiger partial charge in [-0.1, -0.05) is 31.5 Å². The number of hydrogen-bond acceptors (Lipinski definition) is 1. The minimum absolute atomic E-state index is 0.0554. The van der Waals surface area contributed by atoms with Gasteiger partial charge in [-0.25, -0.2) is 0 Å². The van der Waals surface area contributed by atoms with Gasteiger partial charge in [0.1, 0.15) is 0 Å². The normalized spacial score (nSPS) is 12.1. The van der Waals surface area contributed by atoms with E-state index in [4.69, 9.17) is 0 Å². The van der Waals surface area contributed by atoms with E-state index in [2.05, 4.69) is 19.2 Å². The highest BCUT2D eigenvalue weighted by molar-refractivity contribution is 5.94. The quantitative estimate of drug-likeness (QED) is 0.773. The van der Waals surface area contributed by atoms with Crippen LogP contribution in [0.2, 0.25) is 0 Å². The SMILES string of the molecule is [CH2]CCC([CH2])NC(=O)c1ccccc1. The Morgan fingerprint density at radius 1 is 1.36 bits per heavy atom. The van der Waals surface area contributed by atoms with Gasteiger partial charge < -0.3 is 5.32 Å². The number of hydrogen-bond donors (Lipinski definition) is 1. The van der Waals surface area contributed by atoms with Crippen LogP contribution in [0.3, 0.4) is 0 Å². The molecule has 0 heterocycles. The standard InChI is InChI=1S/C12H15NO/c1-3-7-10(2)13-12(14)11-8-5-4-6-9-11/h4-6,8-10H,1-3,7H2,(H,13,14). The van der Waals surface area contributed by atoms with Gasteiger partial charge in [-0.15, -0.1) is 0 Å². The van der Waals surface area contributed by atoms with E-state index in [1.54, 1.807) is 12.1 Å². The number of carbonyl (C=O) groups excluding carboxylic acids is 1. The minimum Gasteiger partial charge on any atom is -0.349 e. The van der Waals surface area contributed by atoms with Gasteiger partial charge in [0.15, 0.2) is 0 Å². The molecule has 1 unspecified atom stereocenters. The molecule has 0 aliphatic carbocycles. The third-order valence-corrected chi connectivity index (χ3v) is 1.92. The van der Waals surface area contributed by atoms with Crippen molar-refractivity contribution in [2.24, 2.45) is 0 Å². The van der Waals surface area contributed by atoms with Crippen LogP contribution in [0.15, 0.2) is 30.3 Å². The van der Waals surface area contributed by atoms with E-state index < -0.39 is 0 Å². The zero-order valence-corrected chi connectivity index (χ0v) is 8.20. The zero-order chi connectivity index (χ0) is 10.4. The van der Waals surface area contributed by atoms with Crippen molar-refractivity contribution in [1.82, 2.24) is 5.32 Å². The molecule has 0 aromatic heterocycles. The third kappa shape index (κ3) is 3.21. The number of benzene rings is 1. The molecule has 1 aromatic rings. The number of carbonyl (C=O) groups is 1. The van der Waals surface area contributed by atoms with Crippen molar-refractivity contribution in [3.8, 4) is 0 Å². The number of amides is 1. The topological polar surface area (TPSA) is 29.1 Å². The number of nitrogens with one attached hydrogen (secondary N) is 1. The summed E-state index contributed by atoms with van der Waals surface area (Å²) in [5, 5.41) is 2.81. The van der Waals surface area contributed by atoms with Crippen molar-refractivity contribution in [1.29, 1.82) is 0 Å². The summed E-state index contributed by atoms with van der Waals surface area (Å²) in [5.41, 5.74) is 0.671. The lowest BCUT2D eigenvalue weighted by Gasteiger charge is -2.12. The van der Waals surface area contributed by atoms with Crippen molar-refractivity contribution in [3.05, 3.63) is 49.7 Å². The Hall–Kier alpha value is -1.31. The maximum absolute atomic E-state index is 11.6. The van der Waals surface area contributed by atoms with Crippen molar-refractivity contribution in [3.63, 3.8) is 0 Å². The molecule has 1 amide bonds. The van der Waals surface area contributed by atoms with Gasteiger partial charge >= 0.3 is 0 Å². The van der Waals surface area contributed by atoms with Crippen molar-refractivity contribution in [2.75, 3.05) is 0 Å². The van der Waals surface area contributed by atoms with Gasteiger partial charge in [-0.2, -0.15) is 0 Å². The highest BCUT2D eigenvalue weighted by Gasteiger charge is 2.07. The lowest BCUT2D eigenvalue weighted by molar-refractivity contribution is 0.0942. The van der Waals surface area contributed by atoms with Crippen LogP contribution >= 0.6 is 0 Å². The van der Waals surface area contributed by atoms with Gasteiger partial charge in [-0.05, 0) is 25.5 Å². The summed E-state index contributed by atoms with van der Waals surface area (Å²) >= 11 is 0. The average Bonchev–Trinajstić information content (AvgIpc) is 2.19. The van der Waals surface area contributed by atoms with Crippen molar-refractivity contribution in [2.45, 2.75) is 18.9 Å². The molecule has 0 bridgehead atoms. The fourth-order valence-corrected chi connectivity index (χ4v) is 1.18. The van der Waals surface area contributed by atoms with E-state index in [0.29, 0.717) is 5.56 Å². The molecule has 0 saturated heterocycles. The largest absolute Gasteiger partial charge is 0.349 e. The van der Waals surface area contributed by atoms with Gasteiger partial charge in [0, 0.05) is 11.6 Å². The van der Waals surface area contributed by atoms with Gasteiger partial charge in [0.05, 0.1) is 0 Å². The van der Waals surface area contributed by atoms with E-state index >= 15 is 0 Å². The Morgan fingerprint density at radius 2 is 2.00 bits per heavy atom. The Balaban J connectivity index is 2.51. The van der Waals surface area contributed by atoms with Crippen LogP contribution in [-0.4, -0.2) is 11.9 Å². The molecule has 0 aliphatic heterocycles. The highest BCUT2D eigenvalue weighted by atomic mass is 16.1. The Labute approximate surface area is 85.3 Å². The lowest BCUT2D eigenvalue weighted by Crippen LogP contribution is -2.32. The maximum Gasteiger partial charge on any atom is 0.251 e.